The van der Waals surface area contributed by atoms with Crippen LogP contribution in [0.15, 0.2) is 35.2 Å². The first-order valence-electron chi connectivity index (χ1n) is 10.7. The molecule has 0 radical (unpaired) electrons. The topological polar surface area (TPSA) is 85.3 Å². The molecule has 1 heterocycles. The van der Waals surface area contributed by atoms with Crippen LogP contribution in [0.2, 0.25) is 0 Å². The van der Waals surface area contributed by atoms with Crippen molar-refractivity contribution in [1.82, 2.24) is 15.5 Å². The summed E-state index contributed by atoms with van der Waals surface area (Å²) in [6.45, 7) is 5.20. The Morgan fingerprint density at radius 3 is 2.41 bits per heavy atom. The molecule has 0 spiro atoms. The van der Waals surface area contributed by atoms with Gasteiger partial charge in [-0.1, -0.05) is 57.7 Å². The zero-order valence-electron chi connectivity index (χ0n) is 17.6. The van der Waals surface area contributed by atoms with E-state index in [-0.39, 0.29) is 17.8 Å². The van der Waals surface area contributed by atoms with Crippen molar-refractivity contribution in [3.8, 4) is 0 Å². The fourth-order valence-electron chi connectivity index (χ4n) is 3.52. The standard InChI is InChI=1S/C22H34N4O2S/c1-3-5-13-22(14-6-4-2)20(28)26(21(23)25-22)16-10-15-24-19(27)17-29-18-11-8-7-9-12-18/h7-9,11-12H,3-6,10,13-17H2,1-2H3,(H2,23,25)(H,24,27). The number of amides is 2. The molecule has 3 N–H and O–H groups in total. The maximum Gasteiger partial charge on any atom is 0.255 e. The van der Waals surface area contributed by atoms with E-state index in [1.165, 1.54) is 11.8 Å². The molecule has 1 fully saturated rings. The minimum Gasteiger partial charge on any atom is -0.355 e. The lowest BCUT2D eigenvalue weighted by Gasteiger charge is -2.27. The van der Waals surface area contributed by atoms with Gasteiger partial charge in [-0.25, -0.2) is 0 Å². The molecule has 1 aliphatic rings. The molecule has 1 aromatic carbocycles. The third kappa shape index (κ3) is 6.77. The number of hydrogen-bond acceptors (Lipinski definition) is 4. The van der Waals surface area contributed by atoms with Gasteiger partial charge in [0.15, 0.2) is 5.96 Å². The highest BCUT2D eigenvalue weighted by atomic mass is 32.2. The first-order chi connectivity index (χ1) is 14.0. The molecule has 2 amide bonds. The van der Waals surface area contributed by atoms with Crippen LogP contribution < -0.4 is 10.6 Å². The van der Waals surface area contributed by atoms with Crippen LogP contribution in [0.1, 0.15) is 58.8 Å². The summed E-state index contributed by atoms with van der Waals surface area (Å²) in [5.41, 5.74) is -0.612. The molecule has 2 rings (SSSR count). The zero-order chi connectivity index (χ0) is 21.1. The number of nitrogens with zero attached hydrogens (tertiary/aromatic N) is 1. The Morgan fingerprint density at radius 1 is 1.14 bits per heavy atom. The van der Waals surface area contributed by atoms with Crippen LogP contribution in [0.25, 0.3) is 0 Å². The molecule has 1 saturated heterocycles. The Hall–Kier alpha value is -2.02. The van der Waals surface area contributed by atoms with E-state index in [2.05, 4.69) is 24.5 Å². The Bertz CT molecular complexity index is 673. The van der Waals surface area contributed by atoms with Crippen molar-refractivity contribution in [3.63, 3.8) is 0 Å². The number of unbranched alkanes of at least 4 members (excludes halogenated alkanes) is 2. The van der Waals surface area contributed by atoms with E-state index in [0.29, 0.717) is 25.3 Å². The van der Waals surface area contributed by atoms with Gasteiger partial charge in [0.05, 0.1) is 5.75 Å². The van der Waals surface area contributed by atoms with Gasteiger partial charge in [0.2, 0.25) is 5.91 Å². The number of thioether (sulfide) groups is 1. The summed E-state index contributed by atoms with van der Waals surface area (Å²) in [4.78, 5) is 27.7. The van der Waals surface area contributed by atoms with E-state index in [1.807, 2.05) is 30.3 Å². The second kappa shape index (κ2) is 11.9. The van der Waals surface area contributed by atoms with E-state index in [4.69, 9.17) is 5.41 Å². The average Bonchev–Trinajstić information content (AvgIpc) is 2.97. The average molecular weight is 419 g/mol. The Morgan fingerprint density at radius 2 is 1.79 bits per heavy atom. The summed E-state index contributed by atoms with van der Waals surface area (Å²) in [6.07, 6.45) is 6.18. The first kappa shape index (κ1) is 23.3. The van der Waals surface area contributed by atoms with Gasteiger partial charge in [0, 0.05) is 18.0 Å². The van der Waals surface area contributed by atoms with E-state index in [9.17, 15) is 9.59 Å². The Kier molecular flexibility index (Phi) is 9.51. The summed E-state index contributed by atoms with van der Waals surface area (Å²) in [5, 5.41) is 14.3. The largest absolute Gasteiger partial charge is 0.355 e. The highest BCUT2D eigenvalue weighted by Gasteiger charge is 2.47. The van der Waals surface area contributed by atoms with Crippen LogP contribution in [0.5, 0.6) is 0 Å². The molecule has 0 bridgehead atoms. The lowest BCUT2D eigenvalue weighted by atomic mass is 9.87. The molecular formula is C22H34N4O2S. The molecule has 0 aromatic heterocycles. The zero-order valence-corrected chi connectivity index (χ0v) is 18.4. The molecule has 0 unspecified atom stereocenters. The maximum atomic E-state index is 13.1. The number of benzene rings is 1. The maximum absolute atomic E-state index is 13.1. The van der Waals surface area contributed by atoms with E-state index < -0.39 is 5.54 Å². The fourth-order valence-corrected chi connectivity index (χ4v) is 4.27. The molecule has 0 aliphatic carbocycles. The summed E-state index contributed by atoms with van der Waals surface area (Å²) in [6, 6.07) is 9.84. The molecule has 6 nitrogen and oxygen atoms in total. The van der Waals surface area contributed by atoms with Gasteiger partial charge in [-0.3, -0.25) is 19.9 Å². The van der Waals surface area contributed by atoms with Crippen LogP contribution in [0, 0.1) is 5.41 Å². The molecule has 1 aliphatic heterocycles. The fraction of sp³-hybridized carbons (Fsp3) is 0.591. The van der Waals surface area contributed by atoms with Crippen LogP contribution in [-0.2, 0) is 9.59 Å². The monoisotopic (exact) mass is 418 g/mol. The molecular weight excluding hydrogens is 384 g/mol. The smallest absolute Gasteiger partial charge is 0.255 e. The summed E-state index contributed by atoms with van der Waals surface area (Å²) in [5.74, 6) is 0.588. The minimum absolute atomic E-state index is 0.0139. The third-order valence-corrected chi connectivity index (χ3v) is 6.20. The SMILES string of the molecule is CCCCC1(CCCC)NC(=N)N(CCCNC(=O)CSc2ccccc2)C1=O. The molecule has 29 heavy (non-hydrogen) atoms. The molecule has 1 aromatic rings. The summed E-state index contributed by atoms with van der Waals surface area (Å²) < 4.78 is 0. The summed E-state index contributed by atoms with van der Waals surface area (Å²) in [7, 11) is 0. The lowest BCUT2D eigenvalue weighted by Crippen LogP contribution is -2.47. The van der Waals surface area contributed by atoms with Gasteiger partial charge >= 0.3 is 0 Å². The predicted molar refractivity (Wildman–Crippen MR) is 119 cm³/mol. The normalized spacial score (nSPS) is 15.4. The third-order valence-electron chi connectivity index (χ3n) is 5.19. The highest BCUT2D eigenvalue weighted by molar-refractivity contribution is 8.00. The number of nitrogens with one attached hydrogen (secondary N) is 3. The van der Waals surface area contributed by atoms with Crippen molar-refractivity contribution >= 4 is 29.5 Å². The van der Waals surface area contributed by atoms with Gasteiger partial charge in [0.25, 0.3) is 5.91 Å². The minimum atomic E-state index is -0.612. The van der Waals surface area contributed by atoms with Crippen LogP contribution >= 0.6 is 11.8 Å². The molecule has 0 atom stereocenters. The van der Waals surface area contributed by atoms with Gasteiger partial charge in [-0.15, -0.1) is 11.8 Å². The van der Waals surface area contributed by atoms with E-state index in [0.717, 1.165) is 43.4 Å². The van der Waals surface area contributed by atoms with E-state index in [1.54, 1.807) is 4.90 Å². The lowest BCUT2D eigenvalue weighted by molar-refractivity contribution is -0.131. The molecule has 7 heteroatoms. The molecule has 160 valence electrons. The number of hydrogen-bond donors (Lipinski definition) is 3. The Balaban J connectivity index is 1.76. The summed E-state index contributed by atoms with van der Waals surface area (Å²) >= 11 is 1.51. The predicted octanol–water partition coefficient (Wildman–Crippen LogP) is 3.77. The van der Waals surface area contributed by atoms with Gasteiger partial charge < -0.3 is 10.6 Å². The van der Waals surface area contributed by atoms with Gasteiger partial charge in [-0.2, -0.15) is 0 Å². The van der Waals surface area contributed by atoms with Crippen molar-refractivity contribution in [1.29, 1.82) is 5.41 Å². The van der Waals surface area contributed by atoms with Gasteiger partial charge in [-0.05, 0) is 31.4 Å². The highest BCUT2D eigenvalue weighted by Crippen LogP contribution is 2.29. The second-order valence-corrected chi connectivity index (χ2v) is 8.57. The van der Waals surface area contributed by atoms with Crippen LogP contribution in [0.3, 0.4) is 0 Å². The molecule has 0 saturated carbocycles. The quantitative estimate of drug-likeness (QED) is 0.336. The van der Waals surface area contributed by atoms with Crippen LogP contribution in [0.4, 0.5) is 0 Å². The van der Waals surface area contributed by atoms with Crippen molar-refractivity contribution in [3.05, 3.63) is 30.3 Å². The van der Waals surface area contributed by atoms with Crippen LogP contribution in [-0.4, -0.2) is 47.1 Å². The van der Waals surface area contributed by atoms with Crippen molar-refractivity contribution in [2.45, 2.75) is 69.2 Å². The van der Waals surface area contributed by atoms with Crippen molar-refractivity contribution < 1.29 is 9.59 Å². The second-order valence-electron chi connectivity index (χ2n) is 7.52. The van der Waals surface area contributed by atoms with E-state index >= 15 is 0 Å². The number of carbonyl (C=O) groups is 2. The van der Waals surface area contributed by atoms with Crippen molar-refractivity contribution in [2.24, 2.45) is 0 Å². The number of rotatable bonds is 13. The Labute approximate surface area is 178 Å². The first-order valence-corrected chi connectivity index (χ1v) is 11.6. The van der Waals surface area contributed by atoms with Gasteiger partial charge in [0.1, 0.15) is 5.54 Å². The van der Waals surface area contributed by atoms with Crippen molar-refractivity contribution in [2.75, 3.05) is 18.8 Å². The number of guanidine groups is 1. The number of carbonyl (C=O) groups excluding carboxylic acids is 2.